The van der Waals surface area contributed by atoms with Gasteiger partial charge in [0.1, 0.15) is 5.75 Å². The molecule has 20 heavy (non-hydrogen) atoms. The van der Waals surface area contributed by atoms with Gasteiger partial charge in [0.05, 0.1) is 5.56 Å². The van der Waals surface area contributed by atoms with Crippen LogP contribution in [0.5, 0.6) is 5.75 Å². The van der Waals surface area contributed by atoms with Gasteiger partial charge in [-0.05, 0) is 25.0 Å². The van der Waals surface area contributed by atoms with Crippen molar-refractivity contribution in [2.24, 2.45) is 5.73 Å². The van der Waals surface area contributed by atoms with Gasteiger partial charge in [0, 0.05) is 13.1 Å². The topological polar surface area (TPSA) is 72.6 Å². The number of ether oxygens (including phenoxy) is 1. The quantitative estimate of drug-likeness (QED) is 0.907. The minimum absolute atomic E-state index is 0.0352. The van der Waals surface area contributed by atoms with Crippen molar-refractivity contribution in [1.29, 1.82) is 0 Å². The van der Waals surface area contributed by atoms with Crippen molar-refractivity contribution in [1.82, 2.24) is 4.90 Å². The van der Waals surface area contributed by atoms with E-state index < -0.39 is 5.91 Å². The third-order valence-electron chi connectivity index (χ3n) is 3.38. The van der Waals surface area contributed by atoms with Gasteiger partial charge in [0.15, 0.2) is 6.61 Å². The molecule has 0 spiro atoms. The van der Waals surface area contributed by atoms with E-state index in [0.29, 0.717) is 11.3 Å². The molecule has 5 nitrogen and oxygen atoms in total. The van der Waals surface area contributed by atoms with Gasteiger partial charge in [-0.25, -0.2) is 0 Å². The van der Waals surface area contributed by atoms with Crippen molar-refractivity contribution in [3.05, 3.63) is 29.8 Å². The Balaban J connectivity index is 2.13. The van der Waals surface area contributed by atoms with Crippen molar-refractivity contribution in [2.75, 3.05) is 19.7 Å². The molecule has 0 aromatic heterocycles. The van der Waals surface area contributed by atoms with E-state index in [9.17, 15) is 9.59 Å². The molecule has 2 rings (SSSR count). The van der Waals surface area contributed by atoms with Gasteiger partial charge < -0.3 is 15.4 Å². The van der Waals surface area contributed by atoms with Gasteiger partial charge in [0.25, 0.3) is 11.8 Å². The number of carbonyl (C=O) groups excluding carboxylic acids is 2. The number of nitrogens with zero attached hydrogens (tertiary/aromatic N) is 1. The van der Waals surface area contributed by atoms with E-state index in [1.165, 1.54) is 12.8 Å². The molecule has 1 heterocycles. The van der Waals surface area contributed by atoms with Crippen LogP contribution in [0.2, 0.25) is 0 Å². The summed E-state index contributed by atoms with van der Waals surface area (Å²) >= 11 is 0. The summed E-state index contributed by atoms with van der Waals surface area (Å²) in [6, 6.07) is 6.98. The summed E-state index contributed by atoms with van der Waals surface area (Å²) in [7, 11) is 0. The molecular weight excluding hydrogens is 256 g/mol. The Morgan fingerprint density at radius 1 is 1.10 bits per heavy atom. The molecule has 1 aromatic rings. The average Bonchev–Trinajstić information content (AvgIpc) is 2.73. The molecule has 0 atom stereocenters. The zero-order valence-electron chi connectivity index (χ0n) is 11.5. The van der Waals surface area contributed by atoms with Crippen molar-refractivity contribution < 1.29 is 14.3 Å². The van der Waals surface area contributed by atoms with Crippen molar-refractivity contribution in [3.63, 3.8) is 0 Å². The first-order chi connectivity index (χ1) is 9.68. The van der Waals surface area contributed by atoms with Crippen LogP contribution in [0.4, 0.5) is 0 Å². The highest BCUT2D eigenvalue weighted by Crippen LogP contribution is 2.21. The van der Waals surface area contributed by atoms with Gasteiger partial charge in [-0.15, -0.1) is 0 Å². The van der Waals surface area contributed by atoms with Gasteiger partial charge in [-0.3, -0.25) is 9.59 Å². The number of benzene rings is 1. The predicted molar refractivity (Wildman–Crippen MR) is 75.5 cm³/mol. The Kier molecular flexibility index (Phi) is 4.98. The van der Waals surface area contributed by atoms with Gasteiger partial charge in [-0.2, -0.15) is 0 Å². The Morgan fingerprint density at radius 2 is 1.75 bits per heavy atom. The highest BCUT2D eigenvalue weighted by Gasteiger charge is 2.20. The summed E-state index contributed by atoms with van der Waals surface area (Å²) in [6.45, 7) is 1.34. The third-order valence-corrected chi connectivity index (χ3v) is 3.38. The van der Waals surface area contributed by atoms with Crippen LogP contribution in [0.25, 0.3) is 0 Å². The average molecular weight is 276 g/mol. The maximum atomic E-state index is 12.5. The lowest BCUT2D eigenvalue weighted by atomic mass is 10.1. The van der Waals surface area contributed by atoms with E-state index in [2.05, 4.69) is 0 Å². The van der Waals surface area contributed by atoms with E-state index in [1.54, 1.807) is 24.3 Å². The summed E-state index contributed by atoms with van der Waals surface area (Å²) in [5.74, 6) is -0.172. The fraction of sp³-hybridized carbons (Fsp3) is 0.467. The summed E-state index contributed by atoms with van der Waals surface area (Å²) < 4.78 is 5.32. The van der Waals surface area contributed by atoms with Crippen molar-refractivity contribution in [3.8, 4) is 5.75 Å². The molecule has 1 aromatic carbocycles. The molecule has 0 bridgehead atoms. The molecule has 0 unspecified atom stereocenters. The molecule has 5 heteroatoms. The molecule has 1 saturated heterocycles. The van der Waals surface area contributed by atoms with Crippen LogP contribution in [-0.4, -0.2) is 36.4 Å². The lowest BCUT2D eigenvalue weighted by molar-refractivity contribution is -0.119. The van der Waals surface area contributed by atoms with Gasteiger partial charge in [0.2, 0.25) is 0 Å². The summed E-state index contributed by atoms with van der Waals surface area (Å²) in [5, 5.41) is 0. The number of para-hydroxylation sites is 1. The normalized spacial score (nSPS) is 15.5. The minimum Gasteiger partial charge on any atom is -0.483 e. The van der Waals surface area contributed by atoms with E-state index >= 15 is 0 Å². The van der Waals surface area contributed by atoms with Crippen LogP contribution in [0.1, 0.15) is 36.0 Å². The molecule has 0 saturated carbocycles. The van der Waals surface area contributed by atoms with Crippen LogP contribution in [0, 0.1) is 0 Å². The highest BCUT2D eigenvalue weighted by molar-refractivity contribution is 5.97. The molecule has 1 aliphatic rings. The maximum absolute atomic E-state index is 12.5. The minimum atomic E-state index is -0.554. The van der Waals surface area contributed by atoms with Crippen LogP contribution < -0.4 is 10.5 Å². The molecule has 0 aliphatic carbocycles. The second kappa shape index (κ2) is 6.93. The zero-order valence-corrected chi connectivity index (χ0v) is 11.5. The van der Waals surface area contributed by atoms with E-state index in [-0.39, 0.29) is 12.5 Å². The second-order valence-corrected chi connectivity index (χ2v) is 4.96. The van der Waals surface area contributed by atoms with Crippen LogP contribution in [0.3, 0.4) is 0 Å². The zero-order chi connectivity index (χ0) is 14.4. The van der Waals surface area contributed by atoms with Crippen LogP contribution >= 0.6 is 0 Å². The fourth-order valence-corrected chi connectivity index (χ4v) is 2.36. The highest BCUT2D eigenvalue weighted by atomic mass is 16.5. The standard InChI is InChI=1S/C15H20N2O3/c16-14(18)11-20-13-8-4-3-7-12(13)15(19)17-9-5-1-2-6-10-17/h3-4,7-8H,1-2,5-6,9-11H2,(H2,16,18). The maximum Gasteiger partial charge on any atom is 0.257 e. The number of carbonyl (C=O) groups is 2. The second-order valence-electron chi connectivity index (χ2n) is 4.96. The molecule has 0 radical (unpaired) electrons. The number of amides is 2. The lowest BCUT2D eigenvalue weighted by Crippen LogP contribution is -2.32. The van der Waals surface area contributed by atoms with Crippen molar-refractivity contribution >= 4 is 11.8 Å². The number of likely N-dealkylation sites (tertiary alicyclic amines) is 1. The predicted octanol–water partition coefficient (Wildman–Crippen LogP) is 1.57. The van der Waals surface area contributed by atoms with Crippen LogP contribution in [-0.2, 0) is 4.79 Å². The van der Waals surface area contributed by atoms with Crippen LogP contribution in [0.15, 0.2) is 24.3 Å². The van der Waals surface area contributed by atoms with Gasteiger partial charge >= 0.3 is 0 Å². The largest absolute Gasteiger partial charge is 0.483 e. The van der Waals surface area contributed by atoms with E-state index in [4.69, 9.17) is 10.5 Å². The van der Waals surface area contributed by atoms with Gasteiger partial charge in [-0.1, -0.05) is 25.0 Å². The number of hydrogen-bond acceptors (Lipinski definition) is 3. The van der Waals surface area contributed by atoms with Crippen molar-refractivity contribution in [2.45, 2.75) is 25.7 Å². The summed E-state index contributed by atoms with van der Waals surface area (Å²) in [5.41, 5.74) is 5.57. The third kappa shape index (κ3) is 3.73. The first-order valence-electron chi connectivity index (χ1n) is 6.98. The molecular formula is C15H20N2O3. The fourth-order valence-electron chi connectivity index (χ4n) is 2.36. The first kappa shape index (κ1) is 14.4. The lowest BCUT2D eigenvalue weighted by Gasteiger charge is -2.21. The SMILES string of the molecule is NC(=O)COc1ccccc1C(=O)N1CCCCCC1. The van der Waals surface area contributed by atoms with E-state index in [1.807, 2.05) is 4.90 Å². The summed E-state index contributed by atoms with van der Waals surface area (Å²) in [6.07, 6.45) is 4.42. The molecule has 2 N–H and O–H groups in total. The number of primary amides is 1. The Hall–Kier alpha value is -2.04. The molecule has 1 fully saturated rings. The number of rotatable bonds is 4. The Labute approximate surface area is 118 Å². The monoisotopic (exact) mass is 276 g/mol. The number of hydrogen-bond donors (Lipinski definition) is 1. The van der Waals surface area contributed by atoms with E-state index in [0.717, 1.165) is 25.9 Å². The Bertz CT molecular complexity index is 480. The molecule has 2 amide bonds. The Morgan fingerprint density at radius 3 is 2.40 bits per heavy atom. The molecule has 108 valence electrons. The molecule has 1 aliphatic heterocycles. The number of nitrogens with two attached hydrogens (primary N) is 1. The summed E-state index contributed by atoms with van der Waals surface area (Å²) in [4.78, 5) is 25.2. The smallest absolute Gasteiger partial charge is 0.257 e. The first-order valence-corrected chi connectivity index (χ1v) is 6.98.